The Hall–Kier alpha value is -1.90. The van der Waals surface area contributed by atoms with E-state index < -0.39 is 0 Å². The highest BCUT2D eigenvalue weighted by Gasteiger charge is 2.20. The van der Waals surface area contributed by atoms with Gasteiger partial charge in [0, 0.05) is 20.9 Å². The first-order valence-corrected chi connectivity index (χ1v) is 13.5. The summed E-state index contributed by atoms with van der Waals surface area (Å²) in [7, 11) is 0. The van der Waals surface area contributed by atoms with Crippen molar-refractivity contribution in [1.82, 2.24) is 9.66 Å². The van der Waals surface area contributed by atoms with E-state index in [1.54, 1.807) is 12.3 Å². The van der Waals surface area contributed by atoms with Crippen LogP contribution in [0.15, 0.2) is 43.1 Å². The zero-order valence-corrected chi connectivity index (χ0v) is 24.6. The van der Waals surface area contributed by atoms with Gasteiger partial charge >= 0.3 is 0 Å². The van der Waals surface area contributed by atoms with Crippen LogP contribution in [0.3, 0.4) is 0 Å². The quantitative estimate of drug-likeness (QED) is 0.229. The van der Waals surface area contributed by atoms with Gasteiger partial charge in [0.05, 0.1) is 30.3 Å². The van der Waals surface area contributed by atoms with Gasteiger partial charge in [0.15, 0.2) is 11.5 Å². The fraction of sp³-hybridized carbons (Fsp3) is 0.423. The lowest BCUT2D eigenvalue weighted by Crippen LogP contribution is -2.22. The Bertz CT molecular complexity index is 1300. The van der Waals surface area contributed by atoms with Gasteiger partial charge in [-0.05, 0) is 59.0 Å². The third kappa shape index (κ3) is 6.86. The number of hydrogen-bond acceptors (Lipinski definition) is 5. The molecule has 0 atom stereocenters. The molecule has 0 aliphatic rings. The second-order valence-corrected chi connectivity index (χ2v) is 11.4. The smallest absolute Gasteiger partial charge is 0.282 e. The van der Waals surface area contributed by atoms with Crippen LogP contribution in [-0.2, 0) is 6.42 Å². The van der Waals surface area contributed by atoms with E-state index in [4.69, 9.17) is 26.1 Å². The zero-order valence-electron chi connectivity index (χ0n) is 20.6. The first-order valence-electron chi connectivity index (χ1n) is 11.6. The van der Waals surface area contributed by atoms with Gasteiger partial charge in [0.2, 0.25) is 0 Å². The molecule has 0 saturated carbocycles. The lowest BCUT2D eigenvalue weighted by atomic mass is 9.99. The average molecular weight is 628 g/mol. The van der Waals surface area contributed by atoms with Crippen LogP contribution in [0.1, 0.15) is 58.8 Å². The molecule has 0 fully saturated rings. The summed E-state index contributed by atoms with van der Waals surface area (Å²) in [6.45, 7) is 11.2. The van der Waals surface area contributed by atoms with E-state index in [0.717, 1.165) is 17.3 Å². The van der Waals surface area contributed by atoms with Crippen molar-refractivity contribution < 1.29 is 9.47 Å². The fourth-order valence-electron chi connectivity index (χ4n) is 3.32. The lowest BCUT2D eigenvalue weighted by molar-refractivity contribution is 0.188. The van der Waals surface area contributed by atoms with Crippen molar-refractivity contribution in [2.45, 2.75) is 53.9 Å². The van der Waals surface area contributed by atoms with Crippen LogP contribution in [0.2, 0.25) is 5.02 Å². The molecule has 0 N–H and O–H groups in total. The Balaban J connectivity index is 2.10. The van der Waals surface area contributed by atoms with Crippen molar-refractivity contribution >= 4 is 60.6 Å². The molecule has 0 aliphatic carbocycles. The maximum atomic E-state index is 13.3. The Morgan fingerprint density at radius 1 is 1.17 bits per heavy atom. The van der Waals surface area contributed by atoms with Gasteiger partial charge in [-0.1, -0.05) is 61.6 Å². The van der Waals surface area contributed by atoms with Crippen molar-refractivity contribution in [2.24, 2.45) is 10.5 Å². The SMILES string of the molecule is CCCCc1nc2ccc(Br)cc2c(=O)n1N=Cc1cc(OCC)c(OCC(C)(C)C)c(Cl)c1Br. The highest BCUT2D eigenvalue weighted by molar-refractivity contribution is 9.10. The van der Waals surface area contributed by atoms with E-state index in [1.165, 1.54) is 4.68 Å². The van der Waals surface area contributed by atoms with Crippen LogP contribution in [0.4, 0.5) is 0 Å². The minimum atomic E-state index is -0.226. The van der Waals surface area contributed by atoms with E-state index >= 15 is 0 Å². The molecule has 2 aromatic carbocycles. The second-order valence-electron chi connectivity index (χ2n) is 9.36. The van der Waals surface area contributed by atoms with Gasteiger partial charge in [-0.25, -0.2) is 4.98 Å². The van der Waals surface area contributed by atoms with E-state index in [0.29, 0.717) is 62.9 Å². The second kappa shape index (κ2) is 11.9. The number of aromatic nitrogens is 2. The first kappa shape index (κ1) is 27.7. The molecule has 6 nitrogen and oxygen atoms in total. The Kier molecular flexibility index (Phi) is 9.40. The number of halogens is 3. The average Bonchev–Trinajstić information content (AvgIpc) is 2.79. The Morgan fingerprint density at radius 3 is 2.57 bits per heavy atom. The summed E-state index contributed by atoms with van der Waals surface area (Å²) in [5.74, 6) is 1.61. The molecule has 0 spiro atoms. The number of aryl methyl sites for hydroxylation is 1. The topological polar surface area (TPSA) is 65.7 Å². The number of benzene rings is 2. The maximum Gasteiger partial charge on any atom is 0.282 e. The Morgan fingerprint density at radius 2 is 1.91 bits per heavy atom. The highest BCUT2D eigenvalue weighted by atomic mass is 79.9. The molecule has 0 aliphatic heterocycles. The molecule has 0 amide bonds. The monoisotopic (exact) mass is 625 g/mol. The normalized spacial score (nSPS) is 12.0. The first-order chi connectivity index (χ1) is 16.6. The summed E-state index contributed by atoms with van der Waals surface area (Å²) < 4.78 is 14.6. The number of ether oxygens (including phenoxy) is 2. The van der Waals surface area contributed by atoms with Gasteiger partial charge in [0.1, 0.15) is 10.8 Å². The summed E-state index contributed by atoms with van der Waals surface area (Å²) in [4.78, 5) is 18.1. The number of hydrogen-bond donors (Lipinski definition) is 0. The van der Waals surface area contributed by atoms with Crippen molar-refractivity contribution in [3.8, 4) is 11.5 Å². The largest absolute Gasteiger partial charge is 0.490 e. The molecule has 0 unspecified atom stereocenters. The molecular formula is C26H30Br2ClN3O3. The molecule has 1 aromatic heterocycles. The predicted molar refractivity (Wildman–Crippen MR) is 151 cm³/mol. The summed E-state index contributed by atoms with van der Waals surface area (Å²) in [5.41, 5.74) is 1.03. The highest BCUT2D eigenvalue weighted by Crippen LogP contribution is 2.43. The summed E-state index contributed by atoms with van der Waals surface area (Å²) in [6, 6.07) is 7.29. The Labute approximate surface area is 227 Å². The fourth-order valence-corrected chi connectivity index (χ4v) is 4.33. The minimum Gasteiger partial charge on any atom is -0.490 e. The molecule has 0 saturated heterocycles. The number of nitrogens with zero attached hydrogens (tertiary/aromatic N) is 3. The number of fused-ring (bicyclic) bond motifs is 1. The minimum absolute atomic E-state index is 0.0481. The van der Waals surface area contributed by atoms with Crippen molar-refractivity contribution in [1.29, 1.82) is 0 Å². The zero-order chi connectivity index (χ0) is 25.8. The summed E-state index contributed by atoms with van der Waals surface area (Å²) in [6.07, 6.45) is 4.11. The van der Waals surface area contributed by atoms with Gasteiger partial charge < -0.3 is 9.47 Å². The molecule has 1 heterocycles. The van der Waals surface area contributed by atoms with Gasteiger partial charge in [0.25, 0.3) is 5.56 Å². The molecule has 35 heavy (non-hydrogen) atoms. The molecular weight excluding hydrogens is 598 g/mol. The van der Waals surface area contributed by atoms with E-state index in [-0.39, 0.29) is 11.0 Å². The van der Waals surface area contributed by atoms with Crippen LogP contribution in [-0.4, -0.2) is 29.1 Å². The number of rotatable bonds is 9. The van der Waals surface area contributed by atoms with Crippen LogP contribution in [0.5, 0.6) is 11.5 Å². The van der Waals surface area contributed by atoms with Crippen molar-refractivity contribution in [3.63, 3.8) is 0 Å². The van der Waals surface area contributed by atoms with Gasteiger partial charge in [-0.3, -0.25) is 4.79 Å². The summed E-state index contributed by atoms with van der Waals surface area (Å²) in [5, 5.41) is 5.43. The molecule has 3 aromatic rings. The van der Waals surface area contributed by atoms with Crippen LogP contribution in [0, 0.1) is 5.41 Å². The van der Waals surface area contributed by atoms with Crippen molar-refractivity contribution in [2.75, 3.05) is 13.2 Å². The van der Waals surface area contributed by atoms with Gasteiger partial charge in [-0.2, -0.15) is 9.78 Å². The van der Waals surface area contributed by atoms with E-state index in [9.17, 15) is 4.79 Å². The van der Waals surface area contributed by atoms with Crippen LogP contribution in [0.25, 0.3) is 10.9 Å². The molecule has 3 rings (SSSR count). The van der Waals surface area contributed by atoms with Crippen LogP contribution < -0.4 is 15.0 Å². The molecule has 9 heteroatoms. The standard InChI is InChI=1S/C26H30Br2ClN3O3/c1-6-8-9-21-31-19-11-10-17(27)13-18(19)25(33)32(21)30-14-16-12-20(34-7-2)24(23(29)22(16)28)35-15-26(3,4)5/h10-14H,6-9,15H2,1-5H3. The lowest BCUT2D eigenvalue weighted by Gasteiger charge is -2.22. The summed E-state index contributed by atoms with van der Waals surface area (Å²) >= 11 is 13.7. The van der Waals surface area contributed by atoms with E-state index in [1.807, 2.05) is 25.1 Å². The van der Waals surface area contributed by atoms with Gasteiger partial charge in [-0.15, -0.1) is 0 Å². The van der Waals surface area contributed by atoms with E-state index in [2.05, 4.69) is 64.7 Å². The molecule has 0 radical (unpaired) electrons. The molecule has 188 valence electrons. The van der Waals surface area contributed by atoms with Crippen LogP contribution >= 0.6 is 43.5 Å². The maximum absolute atomic E-state index is 13.3. The third-order valence-electron chi connectivity index (χ3n) is 5.05. The predicted octanol–water partition coefficient (Wildman–Crippen LogP) is 7.62. The number of unbranched alkanes of at least 4 members (excludes halogenated alkanes) is 1. The van der Waals surface area contributed by atoms with Crippen molar-refractivity contribution in [3.05, 3.63) is 60.0 Å². The molecule has 0 bridgehead atoms. The third-order valence-corrected chi connectivity index (χ3v) is 6.98.